The molecule has 6 N–H and O–H groups in total. The largest absolute Gasteiger partial charge is 0.394 e. The van der Waals surface area contributed by atoms with Gasteiger partial charge in [0.25, 0.3) is 0 Å². The van der Waals surface area contributed by atoms with E-state index in [1.807, 2.05) is 6.08 Å². The van der Waals surface area contributed by atoms with Crippen molar-refractivity contribution in [2.75, 3.05) is 13.2 Å². The summed E-state index contributed by atoms with van der Waals surface area (Å²) in [5.41, 5.74) is 0. The molecule has 0 spiro atoms. The average molecular weight is 920 g/mol. The quantitative estimate of drug-likeness (QED) is 0.0261. The van der Waals surface area contributed by atoms with E-state index in [4.69, 9.17) is 9.47 Å². The molecule has 0 radical (unpaired) electrons. The molecule has 1 aliphatic heterocycles. The first kappa shape index (κ1) is 61.4. The van der Waals surface area contributed by atoms with Crippen molar-refractivity contribution >= 4 is 5.91 Å². The summed E-state index contributed by atoms with van der Waals surface area (Å²) in [6.07, 6.45) is 51.9. The van der Waals surface area contributed by atoms with Crippen LogP contribution >= 0.6 is 0 Å². The Hall–Kier alpha value is -1.59. The Morgan fingerprint density at radius 1 is 0.523 bits per heavy atom. The second-order valence-electron chi connectivity index (χ2n) is 19.4. The maximum Gasteiger partial charge on any atom is 0.220 e. The predicted molar refractivity (Wildman–Crippen MR) is 272 cm³/mol. The van der Waals surface area contributed by atoms with Gasteiger partial charge in [0.1, 0.15) is 24.4 Å². The van der Waals surface area contributed by atoms with Crippen LogP contribution < -0.4 is 5.32 Å². The van der Waals surface area contributed by atoms with Crippen LogP contribution in [-0.4, -0.2) is 87.5 Å². The predicted octanol–water partition coefficient (Wildman–Crippen LogP) is 13.2. The van der Waals surface area contributed by atoms with Crippen molar-refractivity contribution in [3.05, 3.63) is 36.5 Å². The molecule has 0 aliphatic carbocycles. The zero-order valence-electron chi connectivity index (χ0n) is 42.3. The molecule has 9 nitrogen and oxygen atoms in total. The van der Waals surface area contributed by atoms with Crippen molar-refractivity contribution in [2.45, 2.75) is 301 Å². The molecule has 0 aromatic heterocycles. The van der Waals surface area contributed by atoms with Gasteiger partial charge in [0.2, 0.25) is 5.91 Å². The van der Waals surface area contributed by atoms with Gasteiger partial charge in [-0.1, -0.05) is 237 Å². The summed E-state index contributed by atoms with van der Waals surface area (Å²) in [7, 11) is 0. The molecule has 1 saturated heterocycles. The maximum atomic E-state index is 13.0. The first-order chi connectivity index (χ1) is 31.8. The molecule has 1 aliphatic rings. The van der Waals surface area contributed by atoms with Gasteiger partial charge in [-0.05, 0) is 51.4 Å². The SMILES string of the molecule is CCCCCCC/C=C\C/C=C\CCCCCCCCCCCC(=O)NC(COC1OC(CO)C(O)C(O)C1O)C(O)/C=C/CCCCCCCCCCCCCCCCCCCCC. The highest BCUT2D eigenvalue weighted by Crippen LogP contribution is 2.23. The van der Waals surface area contributed by atoms with E-state index < -0.39 is 49.5 Å². The van der Waals surface area contributed by atoms with Crippen molar-refractivity contribution in [1.29, 1.82) is 0 Å². The molecular formula is C56H105NO8. The number of allylic oxidation sites excluding steroid dienone is 5. The molecule has 7 atom stereocenters. The number of amides is 1. The fourth-order valence-electron chi connectivity index (χ4n) is 8.78. The van der Waals surface area contributed by atoms with E-state index in [2.05, 4.69) is 43.5 Å². The van der Waals surface area contributed by atoms with E-state index in [0.29, 0.717) is 6.42 Å². The van der Waals surface area contributed by atoms with Gasteiger partial charge in [-0.15, -0.1) is 0 Å². The molecule has 1 amide bonds. The van der Waals surface area contributed by atoms with Crippen molar-refractivity contribution in [2.24, 2.45) is 0 Å². The second-order valence-corrected chi connectivity index (χ2v) is 19.4. The van der Waals surface area contributed by atoms with Crippen LogP contribution in [0.1, 0.15) is 258 Å². The van der Waals surface area contributed by atoms with Crippen molar-refractivity contribution in [3.63, 3.8) is 0 Å². The maximum absolute atomic E-state index is 13.0. The van der Waals surface area contributed by atoms with Gasteiger partial charge in [-0.25, -0.2) is 0 Å². The van der Waals surface area contributed by atoms with Crippen LogP contribution in [0.2, 0.25) is 0 Å². The van der Waals surface area contributed by atoms with Gasteiger partial charge in [-0.2, -0.15) is 0 Å². The number of carbonyl (C=O) groups is 1. The lowest BCUT2D eigenvalue weighted by Crippen LogP contribution is -2.60. The fourth-order valence-corrected chi connectivity index (χ4v) is 8.78. The molecule has 1 heterocycles. The molecule has 9 heteroatoms. The standard InChI is InChI=1S/C56H105NO8/c1-3-5-7-9-11-13-15-17-19-21-23-25-27-29-31-33-35-37-39-41-43-45-50(59)49(48-64-56-55(63)54(62)53(61)51(47-58)65-56)57-52(60)46-44-42-40-38-36-34-32-30-28-26-24-22-20-18-16-14-12-10-8-6-4-2/h16,18,22,24,43,45,49-51,53-56,58-59,61-63H,3-15,17,19-21,23,25-42,44,46-48H2,1-2H3,(H,57,60)/b18-16-,24-22-,45-43+. The first-order valence-corrected chi connectivity index (χ1v) is 27.7. The average Bonchev–Trinajstić information content (AvgIpc) is 3.31. The second kappa shape index (κ2) is 46.2. The zero-order valence-corrected chi connectivity index (χ0v) is 42.3. The van der Waals surface area contributed by atoms with E-state index >= 15 is 0 Å². The third-order valence-electron chi connectivity index (χ3n) is 13.2. The van der Waals surface area contributed by atoms with Gasteiger partial charge in [0.05, 0.1) is 25.4 Å². The third-order valence-corrected chi connectivity index (χ3v) is 13.2. The van der Waals surface area contributed by atoms with Gasteiger partial charge in [-0.3, -0.25) is 4.79 Å². The number of rotatable bonds is 47. The number of nitrogens with one attached hydrogen (secondary N) is 1. The molecule has 65 heavy (non-hydrogen) atoms. The van der Waals surface area contributed by atoms with E-state index in [1.54, 1.807) is 6.08 Å². The Balaban J connectivity index is 2.26. The molecular weight excluding hydrogens is 815 g/mol. The summed E-state index contributed by atoms with van der Waals surface area (Å²) in [5.74, 6) is -0.179. The topological polar surface area (TPSA) is 149 Å². The summed E-state index contributed by atoms with van der Waals surface area (Å²) >= 11 is 0. The summed E-state index contributed by atoms with van der Waals surface area (Å²) < 4.78 is 11.3. The van der Waals surface area contributed by atoms with Crippen LogP contribution in [0.25, 0.3) is 0 Å². The molecule has 1 fully saturated rings. The Bertz CT molecular complexity index is 1110. The highest BCUT2D eigenvalue weighted by Gasteiger charge is 2.44. The Morgan fingerprint density at radius 3 is 1.32 bits per heavy atom. The third kappa shape index (κ3) is 36.1. The lowest BCUT2D eigenvalue weighted by Gasteiger charge is -2.40. The highest BCUT2D eigenvalue weighted by molar-refractivity contribution is 5.76. The first-order valence-electron chi connectivity index (χ1n) is 27.7. The van der Waals surface area contributed by atoms with Crippen LogP contribution in [0.4, 0.5) is 0 Å². The summed E-state index contributed by atoms with van der Waals surface area (Å²) in [4.78, 5) is 13.0. The van der Waals surface area contributed by atoms with Crippen LogP contribution in [0.3, 0.4) is 0 Å². The van der Waals surface area contributed by atoms with Crippen molar-refractivity contribution < 1.29 is 39.8 Å². The number of hydrogen-bond acceptors (Lipinski definition) is 8. The molecule has 7 unspecified atom stereocenters. The highest BCUT2D eigenvalue weighted by atomic mass is 16.7. The van der Waals surface area contributed by atoms with Crippen LogP contribution in [-0.2, 0) is 14.3 Å². The van der Waals surface area contributed by atoms with Crippen molar-refractivity contribution in [3.8, 4) is 0 Å². The van der Waals surface area contributed by atoms with Gasteiger partial charge < -0.3 is 40.3 Å². The van der Waals surface area contributed by atoms with Gasteiger partial charge in [0.15, 0.2) is 6.29 Å². The normalized spacial score (nSPS) is 20.1. The Kier molecular flexibility index (Phi) is 43.6. The number of ether oxygens (including phenoxy) is 2. The lowest BCUT2D eigenvalue weighted by atomic mass is 9.99. The molecule has 0 bridgehead atoms. The molecule has 0 aromatic rings. The molecule has 0 aromatic carbocycles. The van der Waals surface area contributed by atoms with E-state index in [1.165, 1.54) is 193 Å². The number of hydrogen-bond donors (Lipinski definition) is 6. The number of carbonyl (C=O) groups excluding carboxylic acids is 1. The molecule has 1 rings (SSSR count). The van der Waals surface area contributed by atoms with Crippen LogP contribution in [0, 0.1) is 0 Å². The number of aliphatic hydroxyl groups is 5. The Morgan fingerprint density at radius 2 is 0.908 bits per heavy atom. The minimum atomic E-state index is -1.57. The zero-order chi connectivity index (χ0) is 47.3. The summed E-state index contributed by atoms with van der Waals surface area (Å²) in [6.45, 7) is 3.79. The molecule has 0 saturated carbocycles. The van der Waals surface area contributed by atoms with E-state index in [0.717, 1.165) is 44.9 Å². The van der Waals surface area contributed by atoms with E-state index in [9.17, 15) is 30.3 Å². The monoisotopic (exact) mass is 920 g/mol. The smallest absolute Gasteiger partial charge is 0.220 e. The number of aliphatic hydroxyl groups excluding tert-OH is 5. The van der Waals surface area contributed by atoms with Crippen LogP contribution in [0.5, 0.6) is 0 Å². The van der Waals surface area contributed by atoms with Gasteiger partial charge >= 0.3 is 0 Å². The Labute approximate surface area is 400 Å². The molecule has 382 valence electrons. The minimum absolute atomic E-state index is 0.179. The van der Waals surface area contributed by atoms with Crippen LogP contribution in [0.15, 0.2) is 36.5 Å². The minimum Gasteiger partial charge on any atom is -0.394 e. The number of unbranched alkanes of at least 4 members (excludes halogenated alkanes) is 33. The van der Waals surface area contributed by atoms with Gasteiger partial charge in [0, 0.05) is 6.42 Å². The lowest BCUT2D eigenvalue weighted by molar-refractivity contribution is -0.302. The van der Waals surface area contributed by atoms with Crippen molar-refractivity contribution in [1.82, 2.24) is 5.32 Å². The summed E-state index contributed by atoms with van der Waals surface area (Å²) in [5, 5.41) is 54.5. The summed E-state index contributed by atoms with van der Waals surface area (Å²) in [6, 6.07) is -0.807. The van der Waals surface area contributed by atoms with E-state index in [-0.39, 0.29) is 12.5 Å². The fraction of sp³-hybridized carbons (Fsp3) is 0.875.